The fourth-order valence-electron chi connectivity index (χ4n) is 3.25. The number of benzene rings is 1. The number of carboxylic acids is 2. The van der Waals surface area contributed by atoms with Crippen LogP contribution in [-0.4, -0.2) is 41.8 Å². The summed E-state index contributed by atoms with van der Waals surface area (Å²) in [7, 11) is 0. The third-order valence-electron chi connectivity index (χ3n) is 4.75. The molecule has 0 heterocycles. The van der Waals surface area contributed by atoms with Crippen molar-refractivity contribution in [1.82, 2.24) is 0 Å². The number of Topliss-reactive ketones (excluding diaryl/α,β-unsaturated/α-hetero) is 1. The summed E-state index contributed by atoms with van der Waals surface area (Å²) in [5.74, 6) is -4.96. The van der Waals surface area contributed by atoms with Gasteiger partial charge in [-0.3, -0.25) is 4.79 Å². The summed E-state index contributed by atoms with van der Waals surface area (Å²) >= 11 is 0. The minimum absolute atomic E-state index is 0. The van der Waals surface area contributed by atoms with Gasteiger partial charge in [0, 0.05) is 23.1 Å². The van der Waals surface area contributed by atoms with Crippen LogP contribution >= 0.6 is 0 Å². The third kappa shape index (κ3) is 9.66. The van der Waals surface area contributed by atoms with E-state index >= 15 is 0 Å². The molecule has 0 amide bonds. The fourth-order valence-corrected chi connectivity index (χ4v) is 3.25. The van der Waals surface area contributed by atoms with Crippen molar-refractivity contribution in [3.05, 3.63) is 58.7 Å². The third-order valence-corrected chi connectivity index (χ3v) is 4.75. The van der Waals surface area contributed by atoms with E-state index in [-0.39, 0.29) is 215 Å². The fraction of sp³-hybridized carbons (Fsp3) is 0.318. The topological polar surface area (TPSA) is 159 Å². The Morgan fingerprint density at radius 2 is 1.59 bits per heavy atom. The number of allylic oxidation sites excluding steroid dienone is 3. The summed E-state index contributed by atoms with van der Waals surface area (Å²) in [6.07, 6.45) is 3.59. The standard InChI is InChI=1S/C22H22O9.3K/c23-18(24)3-1-9-30-13-5-6-14-16(11-13)20(27)15-7-8-22(29,12-17(15)21(14)28)31-10-2-4-19(25)26;;;/h5-8,11-12,27,29H,1-4,9-10H2,(H,23,24)(H,25,26);;;/q;3*+1/p-3. The van der Waals surface area contributed by atoms with Gasteiger partial charge in [0.15, 0.2) is 5.78 Å². The van der Waals surface area contributed by atoms with E-state index in [4.69, 9.17) is 9.47 Å². The molecule has 2 aliphatic rings. The first kappa shape index (κ1) is 35.5. The molecule has 0 radical (unpaired) electrons. The molecule has 2 aliphatic carbocycles. The normalized spacial score (nSPS) is 17.8. The van der Waals surface area contributed by atoms with Crippen LogP contribution in [0, 0.1) is 0 Å². The number of fused-ring (bicyclic) bond motifs is 2. The Kier molecular flexibility index (Phi) is 17.2. The number of rotatable bonds is 10. The van der Waals surface area contributed by atoms with Gasteiger partial charge in [0.25, 0.3) is 0 Å². The summed E-state index contributed by atoms with van der Waals surface area (Å²) in [4.78, 5) is 33.8. The molecular weight excluding hydrogens is 526 g/mol. The Morgan fingerprint density at radius 3 is 2.21 bits per heavy atom. The van der Waals surface area contributed by atoms with Crippen molar-refractivity contribution in [2.45, 2.75) is 31.5 Å². The molecule has 0 spiro atoms. The van der Waals surface area contributed by atoms with Crippen LogP contribution in [0.5, 0.6) is 5.75 Å². The second-order valence-corrected chi connectivity index (χ2v) is 7.07. The van der Waals surface area contributed by atoms with Gasteiger partial charge in [0.1, 0.15) is 5.75 Å². The smallest absolute Gasteiger partial charge is 0.872 e. The van der Waals surface area contributed by atoms with Crippen molar-refractivity contribution in [2.75, 3.05) is 13.2 Å². The predicted octanol–water partition coefficient (Wildman–Crippen LogP) is -10.4. The van der Waals surface area contributed by atoms with E-state index in [0.29, 0.717) is 5.75 Å². The van der Waals surface area contributed by atoms with Crippen molar-refractivity contribution in [3.63, 3.8) is 0 Å². The predicted molar refractivity (Wildman–Crippen MR) is 99.8 cm³/mol. The minimum Gasteiger partial charge on any atom is -0.872 e. The molecule has 3 rings (SSSR count). The van der Waals surface area contributed by atoms with E-state index in [2.05, 4.69) is 0 Å². The van der Waals surface area contributed by atoms with Crippen molar-refractivity contribution in [1.29, 1.82) is 0 Å². The van der Waals surface area contributed by atoms with Crippen LogP contribution in [0.25, 0.3) is 5.76 Å². The molecule has 164 valence electrons. The molecule has 1 unspecified atom stereocenters. The second kappa shape index (κ2) is 16.4. The van der Waals surface area contributed by atoms with E-state index < -0.39 is 29.3 Å². The molecule has 1 atom stereocenters. The zero-order chi connectivity index (χ0) is 22.6. The number of hydrogen-bond acceptors (Lipinski definition) is 9. The zero-order valence-electron chi connectivity index (χ0n) is 19.4. The van der Waals surface area contributed by atoms with E-state index in [9.17, 15) is 34.8 Å². The summed E-state index contributed by atoms with van der Waals surface area (Å²) in [6.45, 7) is 0.0180. The van der Waals surface area contributed by atoms with Gasteiger partial charge in [0.05, 0.1) is 13.2 Å². The van der Waals surface area contributed by atoms with Crippen molar-refractivity contribution in [2.24, 2.45) is 0 Å². The minimum atomic E-state index is -1.94. The maximum Gasteiger partial charge on any atom is 1.00 e. The number of aliphatic carboxylic acids is 2. The van der Waals surface area contributed by atoms with Crippen LogP contribution in [0.1, 0.15) is 41.6 Å². The summed E-state index contributed by atoms with van der Waals surface area (Å²) in [5.41, 5.74) is 0.357. The van der Waals surface area contributed by atoms with Gasteiger partial charge in [0.2, 0.25) is 5.79 Å². The number of ketones is 1. The molecule has 1 N–H and O–H groups in total. The first-order valence-electron chi connectivity index (χ1n) is 9.62. The molecule has 0 aromatic heterocycles. The van der Waals surface area contributed by atoms with E-state index in [1.54, 1.807) is 0 Å². The average Bonchev–Trinajstić information content (AvgIpc) is 2.72. The van der Waals surface area contributed by atoms with Crippen LogP contribution < -0.4 is 174 Å². The van der Waals surface area contributed by atoms with Crippen molar-refractivity contribution in [3.8, 4) is 5.75 Å². The maximum absolute atomic E-state index is 12.9. The van der Waals surface area contributed by atoms with Gasteiger partial charge in [-0.15, -0.1) is 0 Å². The first-order valence-corrected chi connectivity index (χ1v) is 9.62. The Hall–Kier alpha value is 1.48. The van der Waals surface area contributed by atoms with E-state index in [0.717, 1.165) is 6.08 Å². The molecule has 0 fully saturated rings. The largest absolute Gasteiger partial charge is 1.00 e. The van der Waals surface area contributed by atoms with Gasteiger partial charge in [-0.1, -0.05) is 11.8 Å². The van der Waals surface area contributed by atoms with Crippen LogP contribution in [0.3, 0.4) is 0 Å². The second-order valence-electron chi connectivity index (χ2n) is 7.07. The molecule has 9 nitrogen and oxygen atoms in total. The molecule has 0 saturated heterocycles. The van der Waals surface area contributed by atoms with Crippen LogP contribution in [0.2, 0.25) is 0 Å². The number of carbonyl (C=O) groups is 3. The Morgan fingerprint density at radius 1 is 0.971 bits per heavy atom. The first-order chi connectivity index (χ1) is 14.7. The quantitative estimate of drug-likeness (QED) is 0.171. The van der Waals surface area contributed by atoms with Gasteiger partial charge in [-0.25, -0.2) is 0 Å². The van der Waals surface area contributed by atoms with Crippen molar-refractivity contribution < 1.29 is 198 Å². The maximum atomic E-state index is 12.9. The van der Waals surface area contributed by atoms with Crippen molar-refractivity contribution >= 4 is 23.5 Å². The Bertz CT molecular complexity index is 1020. The number of carbonyl (C=O) groups excluding carboxylic acids is 3. The summed E-state index contributed by atoms with van der Waals surface area (Å²) in [6, 6.07) is 4.35. The zero-order valence-corrected chi connectivity index (χ0v) is 28.8. The Labute approximate surface area is 324 Å². The molecule has 0 aliphatic heterocycles. The SMILES string of the molecule is O=C([O-])CCCOc1ccc2c(c1)C([O-])=C1C=CC(O)(OCCCC(=O)[O-])C=C1C2=O.[K+].[K+].[K+]. The molecule has 12 heteroatoms. The number of aliphatic hydroxyl groups is 1. The number of hydrogen-bond donors (Lipinski definition) is 1. The van der Waals surface area contributed by atoms with Gasteiger partial charge in [-0.2, -0.15) is 0 Å². The monoisotopic (exact) mass is 544 g/mol. The molecule has 0 saturated carbocycles. The molecule has 34 heavy (non-hydrogen) atoms. The van der Waals surface area contributed by atoms with Crippen LogP contribution in [-0.2, 0) is 14.3 Å². The summed E-state index contributed by atoms with van der Waals surface area (Å²) < 4.78 is 10.7. The molecule has 1 aromatic carbocycles. The van der Waals surface area contributed by atoms with Gasteiger partial charge >= 0.3 is 154 Å². The Balaban J connectivity index is 0.00000363. The van der Waals surface area contributed by atoms with E-state index in [1.165, 1.54) is 30.4 Å². The van der Waals surface area contributed by atoms with Gasteiger partial charge < -0.3 is 39.5 Å². The average molecular weight is 545 g/mol. The molecule has 0 bridgehead atoms. The van der Waals surface area contributed by atoms with Gasteiger partial charge in [-0.05, 0) is 67.2 Å². The number of carboxylic acid groups (broad SMARTS) is 2. The summed E-state index contributed by atoms with van der Waals surface area (Å²) in [5, 5.41) is 44.3. The number of ether oxygens (including phenoxy) is 2. The molecular formula is C22H19K3O9. The van der Waals surface area contributed by atoms with Crippen LogP contribution in [0.4, 0.5) is 0 Å². The molecule has 1 aromatic rings. The van der Waals surface area contributed by atoms with Crippen LogP contribution in [0.15, 0.2) is 47.6 Å². The van der Waals surface area contributed by atoms with E-state index in [1.807, 2.05) is 0 Å².